The number of carboxylic acids is 1. The molecule has 2 atom stereocenters. The molecule has 0 bridgehead atoms. The first-order chi connectivity index (χ1) is 7.97. The van der Waals surface area contributed by atoms with Gasteiger partial charge in [-0.2, -0.15) is 0 Å². The number of ether oxygens (including phenoxy) is 1. The molecule has 0 radical (unpaired) electrons. The first-order valence-corrected chi connectivity index (χ1v) is 5.81. The van der Waals surface area contributed by atoms with Crippen molar-refractivity contribution in [1.82, 2.24) is 10.6 Å². The van der Waals surface area contributed by atoms with Gasteiger partial charge in [0.15, 0.2) is 0 Å². The highest BCUT2D eigenvalue weighted by molar-refractivity contribution is 5.74. The van der Waals surface area contributed by atoms with Gasteiger partial charge in [0.05, 0.1) is 6.61 Å². The van der Waals surface area contributed by atoms with Crippen LogP contribution in [0.2, 0.25) is 0 Å². The molecule has 0 spiro atoms. The van der Waals surface area contributed by atoms with Crippen LogP contribution in [0.1, 0.15) is 27.2 Å². The topological polar surface area (TPSA) is 87.7 Å². The van der Waals surface area contributed by atoms with Crippen LogP contribution < -0.4 is 10.6 Å². The molecule has 0 aromatic rings. The number of carbonyl (C=O) groups is 2. The molecule has 17 heavy (non-hydrogen) atoms. The predicted molar refractivity (Wildman–Crippen MR) is 63.9 cm³/mol. The van der Waals surface area contributed by atoms with Gasteiger partial charge in [0.1, 0.15) is 6.61 Å². The minimum absolute atomic E-state index is 0.111. The van der Waals surface area contributed by atoms with Gasteiger partial charge in [-0.05, 0) is 12.8 Å². The van der Waals surface area contributed by atoms with E-state index >= 15 is 0 Å². The van der Waals surface area contributed by atoms with Crippen LogP contribution in [0.15, 0.2) is 0 Å². The fraction of sp³-hybridized carbons (Fsp3) is 0.818. The third-order valence-corrected chi connectivity index (χ3v) is 2.61. The number of hydrogen-bond donors (Lipinski definition) is 3. The molecular formula is C11H22N2O4. The Balaban J connectivity index is 3.56. The lowest BCUT2D eigenvalue weighted by molar-refractivity contribution is -0.142. The van der Waals surface area contributed by atoms with E-state index in [1.807, 2.05) is 6.92 Å². The number of urea groups is 1. The average Bonchev–Trinajstić information content (AvgIpc) is 2.26. The summed E-state index contributed by atoms with van der Waals surface area (Å²) < 4.78 is 4.78. The summed E-state index contributed by atoms with van der Waals surface area (Å²) >= 11 is 0. The number of carboxylic acid groups (broad SMARTS) is 1. The third kappa shape index (κ3) is 8.50. The Morgan fingerprint density at radius 2 is 2.00 bits per heavy atom. The van der Waals surface area contributed by atoms with E-state index in [1.54, 1.807) is 0 Å². The molecule has 100 valence electrons. The minimum atomic E-state index is -1.01. The van der Waals surface area contributed by atoms with Crippen LogP contribution in [0.5, 0.6) is 0 Å². The molecule has 0 aliphatic rings. The van der Waals surface area contributed by atoms with Crippen LogP contribution >= 0.6 is 0 Å². The smallest absolute Gasteiger partial charge is 0.329 e. The standard InChI is InChI=1S/C11H22N2O4/c1-4-8(2)9(3)13-11(16)12-5-6-17-7-10(14)15/h8-9H,4-7H2,1-3H3,(H,14,15)(H2,12,13,16). The molecule has 0 aliphatic carbocycles. The van der Waals surface area contributed by atoms with Crippen molar-refractivity contribution in [2.75, 3.05) is 19.8 Å². The molecule has 0 rings (SSSR count). The molecule has 6 nitrogen and oxygen atoms in total. The van der Waals surface area contributed by atoms with E-state index in [9.17, 15) is 9.59 Å². The summed E-state index contributed by atoms with van der Waals surface area (Å²) in [5.41, 5.74) is 0. The van der Waals surface area contributed by atoms with Crippen LogP contribution in [0.3, 0.4) is 0 Å². The number of rotatable bonds is 8. The van der Waals surface area contributed by atoms with Crippen LogP contribution in [-0.2, 0) is 9.53 Å². The van der Waals surface area contributed by atoms with E-state index in [0.29, 0.717) is 12.5 Å². The van der Waals surface area contributed by atoms with Crippen LogP contribution in [-0.4, -0.2) is 42.9 Å². The molecule has 0 aromatic heterocycles. The van der Waals surface area contributed by atoms with Crippen molar-refractivity contribution in [2.24, 2.45) is 5.92 Å². The maximum atomic E-state index is 11.4. The SMILES string of the molecule is CCC(C)C(C)NC(=O)NCCOCC(=O)O. The highest BCUT2D eigenvalue weighted by Gasteiger charge is 2.12. The Labute approximate surface area is 102 Å². The van der Waals surface area contributed by atoms with Crippen molar-refractivity contribution >= 4 is 12.0 Å². The summed E-state index contributed by atoms with van der Waals surface area (Å²) in [6.45, 7) is 6.24. The lowest BCUT2D eigenvalue weighted by atomic mass is 10.0. The Morgan fingerprint density at radius 1 is 1.35 bits per heavy atom. The van der Waals surface area contributed by atoms with Crippen molar-refractivity contribution < 1.29 is 19.4 Å². The molecule has 2 unspecified atom stereocenters. The van der Waals surface area contributed by atoms with E-state index < -0.39 is 5.97 Å². The summed E-state index contributed by atoms with van der Waals surface area (Å²) in [7, 11) is 0. The largest absolute Gasteiger partial charge is 0.480 e. The summed E-state index contributed by atoms with van der Waals surface area (Å²) in [5.74, 6) is -0.594. The number of aliphatic carboxylic acids is 1. The first-order valence-electron chi connectivity index (χ1n) is 5.81. The van der Waals surface area contributed by atoms with Gasteiger partial charge >= 0.3 is 12.0 Å². The zero-order valence-corrected chi connectivity index (χ0v) is 10.7. The van der Waals surface area contributed by atoms with Gasteiger partial charge in [-0.25, -0.2) is 9.59 Å². The second-order valence-corrected chi connectivity index (χ2v) is 4.02. The maximum Gasteiger partial charge on any atom is 0.329 e. The third-order valence-electron chi connectivity index (χ3n) is 2.61. The summed E-state index contributed by atoms with van der Waals surface area (Å²) in [4.78, 5) is 21.5. The van der Waals surface area contributed by atoms with Crippen molar-refractivity contribution in [3.63, 3.8) is 0 Å². The Morgan fingerprint density at radius 3 is 2.53 bits per heavy atom. The van der Waals surface area contributed by atoms with Gasteiger partial charge in [0.2, 0.25) is 0 Å². The lowest BCUT2D eigenvalue weighted by Crippen LogP contribution is -2.44. The minimum Gasteiger partial charge on any atom is -0.480 e. The van der Waals surface area contributed by atoms with Crippen molar-refractivity contribution in [3.8, 4) is 0 Å². The number of carbonyl (C=O) groups excluding carboxylic acids is 1. The number of nitrogens with one attached hydrogen (secondary N) is 2. The number of amides is 2. The molecule has 0 heterocycles. The molecule has 2 amide bonds. The molecular weight excluding hydrogens is 224 g/mol. The monoisotopic (exact) mass is 246 g/mol. The van der Waals surface area contributed by atoms with E-state index in [4.69, 9.17) is 9.84 Å². The van der Waals surface area contributed by atoms with Crippen molar-refractivity contribution in [3.05, 3.63) is 0 Å². The van der Waals surface area contributed by atoms with Gasteiger partial charge in [0, 0.05) is 12.6 Å². The second kappa shape index (κ2) is 8.81. The van der Waals surface area contributed by atoms with Gasteiger partial charge in [-0.3, -0.25) is 0 Å². The van der Waals surface area contributed by atoms with E-state index in [1.165, 1.54) is 0 Å². The maximum absolute atomic E-state index is 11.4. The van der Waals surface area contributed by atoms with Crippen molar-refractivity contribution in [1.29, 1.82) is 0 Å². The van der Waals surface area contributed by atoms with Crippen LogP contribution in [0.25, 0.3) is 0 Å². The highest BCUT2D eigenvalue weighted by Crippen LogP contribution is 2.05. The first kappa shape index (κ1) is 15.7. The summed E-state index contributed by atoms with van der Waals surface area (Å²) in [6, 6.07) is -0.142. The van der Waals surface area contributed by atoms with Crippen LogP contribution in [0.4, 0.5) is 4.79 Å². The Kier molecular flexibility index (Phi) is 8.13. The van der Waals surface area contributed by atoms with Gasteiger partial charge in [-0.15, -0.1) is 0 Å². The average molecular weight is 246 g/mol. The van der Waals surface area contributed by atoms with E-state index in [-0.39, 0.29) is 25.3 Å². The fourth-order valence-corrected chi connectivity index (χ4v) is 1.15. The summed E-state index contributed by atoms with van der Waals surface area (Å²) in [5, 5.41) is 13.7. The van der Waals surface area contributed by atoms with Gasteiger partial charge in [-0.1, -0.05) is 20.3 Å². The fourth-order valence-electron chi connectivity index (χ4n) is 1.15. The second-order valence-electron chi connectivity index (χ2n) is 4.02. The van der Waals surface area contributed by atoms with E-state index in [0.717, 1.165) is 6.42 Å². The summed E-state index contributed by atoms with van der Waals surface area (Å²) in [6.07, 6.45) is 1.00. The van der Waals surface area contributed by atoms with Gasteiger partial charge in [0.25, 0.3) is 0 Å². The molecule has 3 N–H and O–H groups in total. The van der Waals surface area contributed by atoms with Crippen LogP contribution in [0, 0.1) is 5.92 Å². The molecule has 0 saturated carbocycles. The molecule has 0 fully saturated rings. The van der Waals surface area contributed by atoms with Crippen molar-refractivity contribution in [2.45, 2.75) is 33.2 Å². The van der Waals surface area contributed by atoms with Gasteiger partial charge < -0.3 is 20.5 Å². The quantitative estimate of drug-likeness (QED) is 0.553. The molecule has 0 saturated heterocycles. The molecule has 0 aromatic carbocycles. The zero-order valence-electron chi connectivity index (χ0n) is 10.7. The highest BCUT2D eigenvalue weighted by atomic mass is 16.5. The Hall–Kier alpha value is -1.30. The Bertz CT molecular complexity index is 246. The van der Waals surface area contributed by atoms with E-state index in [2.05, 4.69) is 24.5 Å². The number of hydrogen-bond acceptors (Lipinski definition) is 3. The zero-order chi connectivity index (χ0) is 13.3. The molecule has 0 aliphatic heterocycles. The molecule has 6 heteroatoms. The lowest BCUT2D eigenvalue weighted by Gasteiger charge is -2.20. The predicted octanol–water partition coefficient (Wildman–Crippen LogP) is 0.821. The normalized spacial score (nSPS) is 13.8.